The Kier molecular flexibility index (Phi) is 7.83. The number of ether oxygens (including phenoxy) is 2. The summed E-state index contributed by atoms with van der Waals surface area (Å²) < 4.78 is 12.7. The molecule has 0 saturated carbocycles. The minimum absolute atomic E-state index is 0.0333. The Labute approximate surface area is 205 Å². The molecule has 3 aromatic rings. The van der Waals surface area contributed by atoms with Crippen LogP contribution in [-0.2, 0) is 9.53 Å². The lowest BCUT2D eigenvalue weighted by Crippen LogP contribution is -2.39. The van der Waals surface area contributed by atoms with Crippen molar-refractivity contribution in [3.8, 4) is 16.9 Å². The van der Waals surface area contributed by atoms with Gasteiger partial charge in [0.1, 0.15) is 5.75 Å². The molecule has 4 rings (SSSR count). The zero-order valence-corrected chi connectivity index (χ0v) is 20.1. The number of nitrogens with one attached hydrogen (secondary N) is 1. The highest BCUT2D eigenvalue weighted by atomic mass is 16.5. The van der Waals surface area contributed by atoms with E-state index in [0.29, 0.717) is 19.4 Å². The van der Waals surface area contributed by atoms with Crippen LogP contribution >= 0.6 is 0 Å². The highest BCUT2D eigenvalue weighted by Crippen LogP contribution is 2.43. The molecule has 1 aliphatic rings. The molecule has 0 spiro atoms. The minimum Gasteiger partial charge on any atom is -0.493 e. The maximum absolute atomic E-state index is 11.9. The molecule has 2 N–H and O–H groups in total. The largest absolute Gasteiger partial charge is 0.493 e. The van der Waals surface area contributed by atoms with E-state index in [0.717, 1.165) is 34.4 Å². The zero-order valence-electron chi connectivity index (χ0n) is 20.1. The van der Waals surface area contributed by atoms with Crippen molar-refractivity contribution in [2.45, 2.75) is 51.4 Å². The van der Waals surface area contributed by atoms with E-state index in [-0.39, 0.29) is 29.7 Å². The maximum atomic E-state index is 11.9. The number of hydrogen-bond acceptors (Lipinski definition) is 4. The summed E-state index contributed by atoms with van der Waals surface area (Å²) in [5.41, 5.74) is 4.10. The number of aromatic carboxylic acids is 1. The van der Waals surface area contributed by atoms with E-state index >= 15 is 0 Å². The normalized spacial score (nSPS) is 19.7. The van der Waals surface area contributed by atoms with E-state index in [1.807, 2.05) is 54.6 Å². The molecule has 1 amide bonds. The first kappa shape index (κ1) is 24.5. The van der Waals surface area contributed by atoms with Crippen LogP contribution in [0, 0.1) is 0 Å². The number of benzene rings is 3. The molecule has 3 aromatic carbocycles. The van der Waals surface area contributed by atoms with Gasteiger partial charge in [-0.2, -0.15) is 0 Å². The lowest BCUT2D eigenvalue weighted by Gasteiger charge is -2.37. The summed E-state index contributed by atoms with van der Waals surface area (Å²) in [6.45, 7) is 4.19. The molecule has 182 valence electrons. The fourth-order valence-corrected chi connectivity index (χ4v) is 4.54. The van der Waals surface area contributed by atoms with Crippen LogP contribution in [0.25, 0.3) is 11.1 Å². The van der Waals surface area contributed by atoms with Crippen molar-refractivity contribution in [3.05, 3.63) is 89.5 Å². The van der Waals surface area contributed by atoms with Gasteiger partial charge in [-0.25, -0.2) is 4.79 Å². The van der Waals surface area contributed by atoms with Crippen molar-refractivity contribution in [2.75, 3.05) is 6.61 Å². The predicted molar refractivity (Wildman–Crippen MR) is 134 cm³/mol. The van der Waals surface area contributed by atoms with Crippen LogP contribution in [0.15, 0.2) is 72.8 Å². The Morgan fingerprint density at radius 3 is 2.31 bits per heavy atom. The number of carboxylic acid groups (broad SMARTS) is 1. The number of amides is 1. The summed E-state index contributed by atoms with van der Waals surface area (Å²) in [7, 11) is 0. The summed E-state index contributed by atoms with van der Waals surface area (Å²) in [6.07, 6.45) is 1.76. The summed E-state index contributed by atoms with van der Waals surface area (Å²) in [4.78, 5) is 23.1. The van der Waals surface area contributed by atoms with Gasteiger partial charge in [0.2, 0.25) is 5.91 Å². The van der Waals surface area contributed by atoms with Gasteiger partial charge in [0.15, 0.2) is 0 Å². The number of carbonyl (C=O) groups excluding carboxylic acids is 1. The van der Waals surface area contributed by atoms with Gasteiger partial charge in [-0.3, -0.25) is 4.79 Å². The van der Waals surface area contributed by atoms with Gasteiger partial charge in [0, 0.05) is 18.5 Å². The topological polar surface area (TPSA) is 84.9 Å². The van der Waals surface area contributed by atoms with Crippen LogP contribution in [0.3, 0.4) is 0 Å². The van der Waals surface area contributed by atoms with Gasteiger partial charge in [-0.1, -0.05) is 55.5 Å². The Bertz CT molecular complexity index is 1160. The number of carbonyl (C=O) groups is 2. The quantitative estimate of drug-likeness (QED) is 0.423. The molecule has 6 nitrogen and oxygen atoms in total. The maximum Gasteiger partial charge on any atom is 0.335 e. The second kappa shape index (κ2) is 11.2. The van der Waals surface area contributed by atoms with E-state index in [2.05, 4.69) is 18.3 Å². The lowest BCUT2D eigenvalue weighted by atomic mass is 9.89. The second-order valence-electron chi connectivity index (χ2n) is 8.88. The lowest BCUT2D eigenvalue weighted by molar-refractivity contribution is -0.122. The highest BCUT2D eigenvalue weighted by molar-refractivity contribution is 5.88. The summed E-state index contributed by atoms with van der Waals surface area (Å²) in [5.74, 6) is -0.248. The third-order valence-electron chi connectivity index (χ3n) is 6.19. The van der Waals surface area contributed by atoms with Crippen molar-refractivity contribution in [1.82, 2.24) is 5.32 Å². The molecule has 0 aliphatic carbocycles. The van der Waals surface area contributed by atoms with Crippen molar-refractivity contribution in [1.29, 1.82) is 0 Å². The van der Waals surface area contributed by atoms with Gasteiger partial charge >= 0.3 is 5.97 Å². The monoisotopic (exact) mass is 473 g/mol. The standard InChI is InChI=1S/C29H31NO5/c1-3-15-34-26-14-13-23(20-9-11-22(12-10-20)29(32)33)16-25(26)28-18-24(30-19(2)31)17-27(35-28)21-7-5-4-6-8-21/h4-14,16,24,27-28H,3,15,17-18H2,1-2H3,(H,30,31)(H,32,33)/t24-,27-,28+/m0/s1. The number of rotatable bonds is 8. The van der Waals surface area contributed by atoms with E-state index in [1.54, 1.807) is 19.1 Å². The van der Waals surface area contributed by atoms with Gasteiger partial charge in [0.25, 0.3) is 0 Å². The van der Waals surface area contributed by atoms with Crippen LogP contribution < -0.4 is 10.1 Å². The van der Waals surface area contributed by atoms with Crippen LogP contribution in [0.4, 0.5) is 0 Å². The molecule has 6 heteroatoms. The van der Waals surface area contributed by atoms with Crippen LogP contribution in [0.2, 0.25) is 0 Å². The first-order valence-electron chi connectivity index (χ1n) is 12.0. The highest BCUT2D eigenvalue weighted by Gasteiger charge is 2.33. The Balaban J connectivity index is 1.71. The van der Waals surface area contributed by atoms with Crippen molar-refractivity contribution < 1.29 is 24.2 Å². The van der Waals surface area contributed by atoms with Gasteiger partial charge < -0.3 is 19.9 Å². The second-order valence-corrected chi connectivity index (χ2v) is 8.88. The van der Waals surface area contributed by atoms with Crippen LogP contribution in [0.1, 0.15) is 66.8 Å². The zero-order chi connectivity index (χ0) is 24.8. The molecule has 0 radical (unpaired) electrons. The van der Waals surface area contributed by atoms with Gasteiger partial charge in [-0.15, -0.1) is 0 Å². The fraction of sp³-hybridized carbons (Fsp3) is 0.310. The summed E-state index contributed by atoms with van der Waals surface area (Å²) in [5, 5.41) is 12.3. The molecule has 3 atom stereocenters. The van der Waals surface area contributed by atoms with Crippen molar-refractivity contribution in [3.63, 3.8) is 0 Å². The molecule has 1 heterocycles. The molecule has 35 heavy (non-hydrogen) atoms. The average Bonchev–Trinajstić information content (AvgIpc) is 2.87. The van der Waals surface area contributed by atoms with Crippen LogP contribution in [-0.4, -0.2) is 29.6 Å². The SMILES string of the molecule is CCCOc1ccc(-c2ccc(C(=O)O)cc2)cc1[C@H]1C[C@@H](NC(C)=O)C[C@@H](c2ccccc2)O1. The average molecular weight is 474 g/mol. The Morgan fingerprint density at radius 2 is 1.66 bits per heavy atom. The molecular formula is C29H31NO5. The predicted octanol–water partition coefficient (Wildman–Crippen LogP) is 5.94. The Hall–Kier alpha value is -3.64. The molecule has 0 unspecified atom stereocenters. The fourth-order valence-electron chi connectivity index (χ4n) is 4.54. The first-order valence-corrected chi connectivity index (χ1v) is 12.0. The van der Waals surface area contributed by atoms with Gasteiger partial charge in [-0.05, 0) is 60.2 Å². The van der Waals surface area contributed by atoms with E-state index in [1.165, 1.54) is 0 Å². The summed E-state index contributed by atoms with van der Waals surface area (Å²) >= 11 is 0. The van der Waals surface area contributed by atoms with Crippen molar-refractivity contribution >= 4 is 11.9 Å². The van der Waals surface area contributed by atoms with Crippen molar-refractivity contribution in [2.24, 2.45) is 0 Å². The van der Waals surface area contributed by atoms with E-state index < -0.39 is 5.97 Å². The van der Waals surface area contributed by atoms with E-state index in [4.69, 9.17) is 9.47 Å². The third-order valence-corrected chi connectivity index (χ3v) is 6.19. The molecule has 0 aromatic heterocycles. The van der Waals surface area contributed by atoms with Gasteiger partial charge in [0.05, 0.1) is 24.4 Å². The van der Waals surface area contributed by atoms with E-state index in [9.17, 15) is 14.7 Å². The third kappa shape index (κ3) is 6.08. The molecule has 1 fully saturated rings. The molecule has 1 aliphatic heterocycles. The van der Waals surface area contributed by atoms with Crippen LogP contribution in [0.5, 0.6) is 5.75 Å². The summed E-state index contributed by atoms with van der Waals surface area (Å²) in [6, 6.07) is 22.8. The first-order chi connectivity index (χ1) is 16.9. The number of carboxylic acids is 1. The molecular weight excluding hydrogens is 442 g/mol. The smallest absolute Gasteiger partial charge is 0.335 e. The number of hydrogen-bond donors (Lipinski definition) is 2. The Morgan fingerprint density at radius 1 is 0.971 bits per heavy atom. The molecule has 1 saturated heterocycles. The minimum atomic E-state index is -0.952. The molecule has 0 bridgehead atoms.